The Balaban J connectivity index is 1.45. The van der Waals surface area contributed by atoms with Crippen molar-refractivity contribution in [3.8, 4) is 5.75 Å². The van der Waals surface area contributed by atoms with Gasteiger partial charge in [-0.25, -0.2) is 9.79 Å². The Morgan fingerprint density at radius 2 is 1.47 bits per heavy atom. The van der Waals surface area contributed by atoms with Crippen LogP contribution in [-0.2, 0) is 27.5 Å². The maximum Gasteiger partial charge on any atom is 0.335 e. The molecule has 3 aromatic rings. The predicted octanol–water partition coefficient (Wildman–Crippen LogP) is 4.54. The van der Waals surface area contributed by atoms with Gasteiger partial charge in [-0.1, -0.05) is 72.8 Å². The number of hydrogen-bond acceptors (Lipinski definition) is 5. The number of nitrogens with zero attached hydrogens (tertiary/aromatic N) is 1. The molecule has 2 atom stereocenters. The molecule has 1 heterocycles. The molecule has 0 unspecified atom stereocenters. The smallest absolute Gasteiger partial charge is 0.335 e. The second-order valence-electron chi connectivity index (χ2n) is 7.07. The number of para-hydroxylation sites is 1. The summed E-state index contributed by atoms with van der Waals surface area (Å²) in [7, 11) is 0. The highest BCUT2D eigenvalue weighted by atomic mass is 16.5. The number of hydrogen-bond donors (Lipinski definition) is 0. The molecule has 0 spiro atoms. The van der Waals surface area contributed by atoms with Crippen molar-refractivity contribution in [3.05, 3.63) is 102 Å². The Morgan fingerprint density at radius 3 is 2.17 bits per heavy atom. The maximum absolute atomic E-state index is 12.6. The summed E-state index contributed by atoms with van der Waals surface area (Å²) in [6.45, 7) is 2.46. The second-order valence-corrected chi connectivity index (χ2v) is 7.07. The monoisotopic (exact) mass is 401 g/mol. The average molecular weight is 401 g/mol. The molecule has 0 aromatic heterocycles. The molecule has 0 saturated heterocycles. The normalized spacial score (nSPS) is 17.7. The van der Waals surface area contributed by atoms with Gasteiger partial charge in [-0.05, 0) is 30.2 Å². The van der Waals surface area contributed by atoms with Crippen molar-refractivity contribution in [2.75, 3.05) is 0 Å². The van der Waals surface area contributed by atoms with Crippen molar-refractivity contribution in [2.24, 2.45) is 4.99 Å². The molecule has 5 nitrogen and oxygen atoms in total. The van der Waals surface area contributed by atoms with Gasteiger partial charge in [0.25, 0.3) is 0 Å². The SMILES string of the molecule is C[C@H]1OC(c2ccccc2OCc2ccccc2)=N[C@@H]1C(=O)OCc1ccccc1. The highest BCUT2D eigenvalue weighted by Gasteiger charge is 2.35. The topological polar surface area (TPSA) is 57.1 Å². The van der Waals surface area contributed by atoms with E-state index in [9.17, 15) is 4.79 Å². The molecule has 3 aromatic carbocycles. The Kier molecular flexibility index (Phi) is 6.09. The standard InChI is InChI=1S/C25H23NO4/c1-18-23(25(27)29-17-20-12-6-3-7-13-20)26-24(30-18)21-14-8-9-15-22(21)28-16-19-10-4-2-5-11-19/h2-15,18,23H,16-17H2,1H3/t18-,23+/m1/s1. The number of esters is 1. The fourth-order valence-corrected chi connectivity index (χ4v) is 3.20. The number of benzene rings is 3. The number of ether oxygens (including phenoxy) is 3. The minimum Gasteiger partial charge on any atom is -0.488 e. The summed E-state index contributed by atoms with van der Waals surface area (Å²) in [5, 5.41) is 0. The molecule has 0 aliphatic carbocycles. The molecule has 0 bridgehead atoms. The quantitative estimate of drug-likeness (QED) is 0.545. The molecule has 1 aliphatic heterocycles. The first kappa shape index (κ1) is 19.7. The summed E-state index contributed by atoms with van der Waals surface area (Å²) in [6.07, 6.45) is -0.412. The zero-order chi connectivity index (χ0) is 20.8. The van der Waals surface area contributed by atoms with E-state index in [-0.39, 0.29) is 6.61 Å². The second kappa shape index (κ2) is 9.27. The first-order chi connectivity index (χ1) is 14.7. The van der Waals surface area contributed by atoms with Gasteiger partial charge in [0.1, 0.15) is 25.1 Å². The van der Waals surface area contributed by atoms with Gasteiger partial charge in [0.05, 0.1) is 5.56 Å². The van der Waals surface area contributed by atoms with Crippen molar-refractivity contribution in [2.45, 2.75) is 32.3 Å². The van der Waals surface area contributed by atoms with Crippen LogP contribution in [0.5, 0.6) is 5.75 Å². The van der Waals surface area contributed by atoms with Gasteiger partial charge in [0.15, 0.2) is 6.04 Å². The highest BCUT2D eigenvalue weighted by Crippen LogP contribution is 2.26. The Hall–Kier alpha value is -3.60. The molecular weight excluding hydrogens is 378 g/mol. The van der Waals surface area contributed by atoms with Crippen LogP contribution in [0.1, 0.15) is 23.6 Å². The molecule has 152 valence electrons. The molecule has 0 fully saturated rings. The van der Waals surface area contributed by atoms with E-state index in [4.69, 9.17) is 14.2 Å². The molecule has 0 saturated carbocycles. The van der Waals surface area contributed by atoms with Crippen molar-refractivity contribution in [1.29, 1.82) is 0 Å². The number of rotatable bonds is 7. The van der Waals surface area contributed by atoms with E-state index in [2.05, 4.69) is 4.99 Å². The zero-order valence-corrected chi connectivity index (χ0v) is 16.7. The average Bonchev–Trinajstić information content (AvgIpc) is 3.19. The van der Waals surface area contributed by atoms with Gasteiger partial charge >= 0.3 is 5.97 Å². The third-order valence-corrected chi connectivity index (χ3v) is 4.82. The van der Waals surface area contributed by atoms with E-state index in [0.29, 0.717) is 18.3 Å². The van der Waals surface area contributed by atoms with E-state index in [1.807, 2.05) is 91.9 Å². The first-order valence-electron chi connectivity index (χ1n) is 9.92. The molecular formula is C25H23NO4. The van der Waals surface area contributed by atoms with Gasteiger partial charge in [-0.2, -0.15) is 0 Å². The molecule has 0 N–H and O–H groups in total. The van der Waals surface area contributed by atoms with Crippen LogP contribution in [0.2, 0.25) is 0 Å². The summed E-state index contributed by atoms with van der Waals surface area (Å²) in [4.78, 5) is 17.1. The summed E-state index contributed by atoms with van der Waals surface area (Å²) >= 11 is 0. The molecule has 5 heteroatoms. The van der Waals surface area contributed by atoms with Crippen molar-refractivity contribution < 1.29 is 19.0 Å². The molecule has 0 amide bonds. The van der Waals surface area contributed by atoms with Crippen molar-refractivity contribution >= 4 is 11.9 Å². The highest BCUT2D eigenvalue weighted by molar-refractivity contribution is 6.00. The summed E-state index contributed by atoms with van der Waals surface area (Å²) in [6, 6.07) is 26.3. The minimum atomic E-state index is -0.703. The predicted molar refractivity (Wildman–Crippen MR) is 114 cm³/mol. The summed E-state index contributed by atoms with van der Waals surface area (Å²) < 4.78 is 17.3. The fraction of sp³-hybridized carbons (Fsp3) is 0.200. The summed E-state index contributed by atoms with van der Waals surface area (Å²) in [5.74, 6) is 0.655. The van der Waals surface area contributed by atoms with E-state index in [1.54, 1.807) is 0 Å². The van der Waals surface area contributed by atoms with Crippen molar-refractivity contribution in [3.63, 3.8) is 0 Å². The first-order valence-corrected chi connectivity index (χ1v) is 9.92. The lowest BCUT2D eigenvalue weighted by Crippen LogP contribution is -2.29. The van der Waals surface area contributed by atoms with Gasteiger partial charge in [0, 0.05) is 0 Å². The van der Waals surface area contributed by atoms with Crippen molar-refractivity contribution in [1.82, 2.24) is 0 Å². The molecule has 4 rings (SSSR count). The Morgan fingerprint density at radius 1 is 0.867 bits per heavy atom. The van der Waals surface area contributed by atoms with E-state index < -0.39 is 18.1 Å². The van der Waals surface area contributed by atoms with Crippen LogP contribution in [0.4, 0.5) is 0 Å². The van der Waals surface area contributed by atoms with Gasteiger partial charge in [0.2, 0.25) is 5.90 Å². The van der Waals surface area contributed by atoms with E-state index in [0.717, 1.165) is 16.7 Å². The zero-order valence-electron chi connectivity index (χ0n) is 16.7. The van der Waals surface area contributed by atoms with Crippen LogP contribution in [-0.4, -0.2) is 24.0 Å². The van der Waals surface area contributed by atoms with E-state index in [1.165, 1.54) is 0 Å². The lowest BCUT2D eigenvalue weighted by Gasteiger charge is -2.13. The fourth-order valence-electron chi connectivity index (χ4n) is 3.20. The maximum atomic E-state index is 12.6. The molecule has 0 radical (unpaired) electrons. The Bertz CT molecular complexity index is 1020. The molecule has 1 aliphatic rings. The van der Waals surface area contributed by atoms with Crippen LogP contribution in [0, 0.1) is 0 Å². The number of carbonyl (C=O) groups excluding carboxylic acids is 1. The minimum absolute atomic E-state index is 0.213. The third-order valence-electron chi connectivity index (χ3n) is 4.82. The van der Waals surface area contributed by atoms with E-state index >= 15 is 0 Å². The van der Waals surface area contributed by atoms with Crippen LogP contribution >= 0.6 is 0 Å². The lowest BCUT2D eigenvalue weighted by molar-refractivity contribution is -0.147. The summed E-state index contributed by atoms with van der Waals surface area (Å²) in [5.41, 5.74) is 2.72. The van der Waals surface area contributed by atoms with Gasteiger partial charge in [-0.15, -0.1) is 0 Å². The largest absolute Gasteiger partial charge is 0.488 e. The number of carbonyl (C=O) groups is 1. The molecule has 30 heavy (non-hydrogen) atoms. The Labute approximate surface area is 175 Å². The number of aliphatic imine (C=N–C) groups is 1. The van der Waals surface area contributed by atoms with Crippen LogP contribution < -0.4 is 4.74 Å². The van der Waals surface area contributed by atoms with Crippen LogP contribution in [0.15, 0.2) is 89.9 Å². The van der Waals surface area contributed by atoms with Crippen LogP contribution in [0.3, 0.4) is 0 Å². The van der Waals surface area contributed by atoms with Gasteiger partial charge in [-0.3, -0.25) is 0 Å². The lowest BCUT2D eigenvalue weighted by atomic mass is 10.2. The van der Waals surface area contributed by atoms with Gasteiger partial charge < -0.3 is 14.2 Å². The third kappa shape index (κ3) is 4.69. The van der Waals surface area contributed by atoms with Crippen LogP contribution in [0.25, 0.3) is 0 Å².